The van der Waals surface area contributed by atoms with Crippen LogP contribution in [0.25, 0.3) is 0 Å². The van der Waals surface area contributed by atoms with Gasteiger partial charge in [-0.2, -0.15) is 0 Å². The molecule has 4 nitrogen and oxygen atoms in total. The normalized spacial score (nSPS) is 11.8. The van der Waals surface area contributed by atoms with Crippen LogP contribution in [0.3, 0.4) is 0 Å². The van der Waals surface area contributed by atoms with Crippen molar-refractivity contribution in [2.75, 3.05) is 5.32 Å². The quantitative estimate of drug-likeness (QED) is 0.863. The van der Waals surface area contributed by atoms with Crippen molar-refractivity contribution in [2.45, 2.75) is 33.2 Å². The molecule has 116 valence electrons. The van der Waals surface area contributed by atoms with Gasteiger partial charge in [0.05, 0.1) is 17.4 Å². The van der Waals surface area contributed by atoms with E-state index in [0.717, 1.165) is 23.4 Å². The fourth-order valence-corrected chi connectivity index (χ4v) is 2.11. The Morgan fingerprint density at radius 2 is 2.14 bits per heavy atom. The minimum absolute atomic E-state index is 0.117. The molecule has 22 heavy (non-hydrogen) atoms. The summed E-state index contributed by atoms with van der Waals surface area (Å²) in [5.74, 6) is -0.117. The number of aromatic nitrogens is 1. The summed E-state index contributed by atoms with van der Waals surface area (Å²) in [6, 6.07) is 7.58. The highest BCUT2D eigenvalue weighted by Crippen LogP contribution is 2.26. The Labute approximate surface area is 135 Å². The topological polar surface area (TPSA) is 54.0 Å². The number of amides is 1. The number of rotatable bonds is 5. The van der Waals surface area contributed by atoms with Crippen molar-refractivity contribution in [1.82, 2.24) is 10.3 Å². The van der Waals surface area contributed by atoms with Gasteiger partial charge in [0.15, 0.2) is 0 Å². The number of nitrogens with one attached hydrogen (secondary N) is 2. The van der Waals surface area contributed by atoms with Crippen molar-refractivity contribution in [1.29, 1.82) is 0 Å². The van der Waals surface area contributed by atoms with Crippen LogP contribution in [-0.2, 0) is 0 Å². The zero-order valence-electron chi connectivity index (χ0n) is 13.0. The molecule has 2 aromatic rings. The summed E-state index contributed by atoms with van der Waals surface area (Å²) in [7, 11) is 0. The van der Waals surface area contributed by atoms with E-state index in [-0.39, 0.29) is 11.9 Å². The van der Waals surface area contributed by atoms with Gasteiger partial charge >= 0.3 is 0 Å². The lowest BCUT2D eigenvalue weighted by Crippen LogP contribution is -2.31. The Bertz CT molecular complexity index is 673. The highest BCUT2D eigenvalue weighted by molar-refractivity contribution is 6.31. The summed E-state index contributed by atoms with van der Waals surface area (Å²) in [6.45, 7) is 5.95. The van der Waals surface area contributed by atoms with E-state index in [2.05, 4.69) is 15.6 Å². The second-order valence-electron chi connectivity index (χ2n) is 5.28. The molecule has 1 heterocycles. The van der Waals surface area contributed by atoms with Crippen LogP contribution in [0.4, 0.5) is 11.4 Å². The summed E-state index contributed by atoms with van der Waals surface area (Å²) < 4.78 is 0. The second kappa shape index (κ2) is 7.27. The van der Waals surface area contributed by atoms with Crippen molar-refractivity contribution < 1.29 is 4.79 Å². The maximum atomic E-state index is 12.1. The molecule has 1 atom stereocenters. The fourth-order valence-electron chi connectivity index (χ4n) is 1.94. The van der Waals surface area contributed by atoms with Crippen LogP contribution in [0.5, 0.6) is 0 Å². The number of hydrogen-bond acceptors (Lipinski definition) is 3. The molecule has 0 aliphatic rings. The van der Waals surface area contributed by atoms with E-state index < -0.39 is 0 Å². The Hall–Kier alpha value is -2.07. The van der Waals surface area contributed by atoms with Crippen molar-refractivity contribution in [2.24, 2.45) is 0 Å². The van der Waals surface area contributed by atoms with Gasteiger partial charge < -0.3 is 10.6 Å². The minimum atomic E-state index is -0.117. The van der Waals surface area contributed by atoms with Crippen LogP contribution in [0, 0.1) is 6.92 Å². The lowest BCUT2D eigenvalue weighted by Gasteiger charge is -2.13. The fraction of sp³-hybridized carbons (Fsp3) is 0.294. The van der Waals surface area contributed by atoms with Gasteiger partial charge in [-0.05, 0) is 44.0 Å². The molecule has 2 N–H and O–H groups in total. The number of nitrogens with zero attached hydrogens (tertiary/aromatic N) is 1. The number of anilines is 2. The van der Waals surface area contributed by atoms with Gasteiger partial charge in [-0.15, -0.1) is 0 Å². The monoisotopic (exact) mass is 317 g/mol. The Balaban J connectivity index is 2.18. The van der Waals surface area contributed by atoms with Gasteiger partial charge in [0.2, 0.25) is 0 Å². The molecule has 1 unspecified atom stereocenters. The van der Waals surface area contributed by atoms with Gasteiger partial charge in [-0.25, -0.2) is 0 Å². The molecular formula is C17H20ClN3O. The van der Waals surface area contributed by atoms with Crippen molar-refractivity contribution in [3.8, 4) is 0 Å². The van der Waals surface area contributed by atoms with E-state index in [1.807, 2.05) is 39.0 Å². The molecule has 0 bridgehead atoms. The van der Waals surface area contributed by atoms with Gasteiger partial charge in [0.1, 0.15) is 0 Å². The van der Waals surface area contributed by atoms with Gasteiger partial charge in [-0.3, -0.25) is 9.78 Å². The van der Waals surface area contributed by atoms with Crippen LogP contribution in [0.15, 0.2) is 36.7 Å². The Morgan fingerprint density at radius 1 is 1.36 bits per heavy atom. The molecule has 1 aromatic heterocycles. The first-order valence-corrected chi connectivity index (χ1v) is 7.67. The zero-order valence-corrected chi connectivity index (χ0v) is 13.7. The summed E-state index contributed by atoms with van der Waals surface area (Å²) in [5.41, 5.74) is 3.14. The van der Waals surface area contributed by atoms with E-state index in [0.29, 0.717) is 10.6 Å². The molecule has 0 aliphatic carbocycles. The average molecular weight is 318 g/mol. The SMILES string of the molecule is CCC(C)NC(=O)c1cncc(Nc2cccc(Cl)c2C)c1. The second-order valence-corrected chi connectivity index (χ2v) is 5.69. The highest BCUT2D eigenvalue weighted by atomic mass is 35.5. The highest BCUT2D eigenvalue weighted by Gasteiger charge is 2.10. The number of carbonyl (C=O) groups excluding carboxylic acids is 1. The number of halogens is 1. The summed E-state index contributed by atoms with van der Waals surface area (Å²) in [5, 5.41) is 6.88. The van der Waals surface area contributed by atoms with Gasteiger partial charge in [-0.1, -0.05) is 24.6 Å². The van der Waals surface area contributed by atoms with E-state index >= 15 is 0 Å². The lowest BCUT2D eigenvalue weighted by atomic mass is 10.2. The average Bonchev–Trinajstić information content (AvgIpc) is 2.52. The van der Waals surface area contributed by atoms with Crippen molar-refractivity contribution in [3.05, 3.63) is 52.8 Å². The first-order chi connectivity index (χ1) is 10.5. The zero-order chi connectivity index (χ0) is 16.1. The lowest BCUT2D eigenvalue weighted by molar-refractivity contribution is 0.0939. The molecule has 0 fully saturated rings. The van der Waals surface area contributed by atoms with E-state index in [1.165, 1.54) is 0 Å². The molecule has 5 heteroatoms. The molecule has 0 saturated heterocycles. The number of carbonyl (C=O) groups is 1. The smallest absolute Gasteiger partial charge is 0.253 e. The molecule has 2 rings (SSSR count). The first-order valence-electron chi connectivity index (χ1n) is 7.29. The van der Waals surface area contributed by atoms with Gasteiger partial charge in [0, 0.05) is 22.9 Å². The third-order valence-corrected chi connectivity index (χ3v) is 3.95. The molecule has 0 radical (unpaired) electrons. The summed E-state index contributed by atoms with van der Waals surface area (Å²) in [6.07, 6.45) is 4.13. The van der Waals surface area contributed by atoms with E-state index in [9.17, 15) is 4.79 Å². The molecule has 0 aliphatic heterocycles. The van der Waals surface area contributed by atoms with Crippen molar-refractivity contribution >= 4 is 28.9 Å². The number of pyridine rings is 1. The van der Waals surface area contributed by atoms with E-state index in [1.54, 1.807) is 18.5 Å². The molecule has 1 amide bonds. The van der Waals surface area contributed by atoms with E-state index in [4.69, 9.17) is 11.6 Å². The van der Waals surface area contributed by atoms with Crippen molar-refractivity contribution in [3.63, 3.8) is 0 Å². The molecule has 0 spiro atoms. The Kier molecular flexibility index (Phi) is 5.39. The first kappa shape index (κ1) is 16.3. The maximum absolute atomic E-state index is 12.1. The third kappa shape index (κ3) is 3.98. The summed E-state index contributed by atoms with van der Waals surface area (Å²) >= 11 is 6.12. The standard InChI is InChI=1S/C17H20ClN3O/c1-4-11(2)20-17(22)13-8-14(10-19-9-13)21-16-7-5-6-15(18)12(16)3/h5-11,21H,4H2,1-3H3,(H,20,22). The van der Waals surface area contributed by atoms with Gasteiger partial charge in [0.25, 0.3) is 5.91 Å². The number of hydrogen-bond donors (Lipinski definition) is 2. The van der Waals surface area contributed by atoms with Crippen LogP contribution in [-0.4, -0.2) is 16.9 Å². The Morgan fingerprint density at radius 3 is 2.86 bits per heavy atom. The molecular weight excluding hydrogens is 298 g/mol. The van der Waals surface area contributed by atoms with Crippen LogP contribution in [0.1, 0.15) is 36.2 Å². The minimum Gasteiger partial charge on any atom is -0.354 e. The maximum Gasteiger partial charge on any atom is 0.253 e. The van der Waals surface area contributed by atoms with Crippen LogP contribution < -0.4 is 10.6 Å². The van der Waals surface area contributed by atoms with Crippen LogP contribution >= 0.6 is 11.6 Å². The third-order valence-electron chi connectivity index (χ3n) is 3.54. The molecule has 0 saturated carbocycles. The predicted octanol–water partition coefficient (Wildman–Crippen LogP) is 4.32. The van der Waals surface area contributed by atoms with Crippen LogP contribution in [0.2, 0.25) is 5.02 Å². The number of benzene rings is 1. The largest absolute Gasteiger partial charge is 0.354 e. The summed E-state index contributed by atoms with van der Waals surface area (Å²) in [4.78, 5) is 16.3. The predicted molar refractivity (Wildman–Crippen MR) is 90.9 cm³/mol. The molecule has 1 aromatic carbocycles.